The summed E-state index contributed by atoms with van der Waals surface area (Å²) in [5.74, 6) is -1.41. The lowest BCUT2D eigenvalue weighted by molar-refractivity contribution is -0.148. The van der Waals surface area contributed by atoms with Crippen LogP contribution in [-0.2, 0) is 14.4 Å². The zero-order chi connectivity index (χ0) is 14.6. The molecule has 6 heteroatoms. The van der Waals surface area contributed by atoms with Gasteiger partial charge in [0.1, 0.15) is 6.04 Å². The van der Waals surface area contributed by atoms with E-state index in [0.717, 1.165) is 0 Å². The number of nitrogens with zero attached hydrogens (tertiary/aromatic N) is 1. The molecule has 1 rings (SSSR count). The van der Waals surface area contributed by atoms with Crippen LogP contribution in [0.3, 0.4) is 0 Å². The second-order valence-corrected chi connectivity index (χ2v) is 5.88. The van der Waals surface area contributed by atoms with Gasteiger partial charge in [-0.2, -0.15) is 0 Å². The molecular formula is C13H22N2O4. The summed E-state index contributed by atoms with van der Waals surface area (Å²) in [5.41, 5.74) is -0.322. The van der Waals surface area contributed by atoms with Crippen molar-refractivity contribution in [2.45, 2.75) is 58.0 Å². The van der Waals surface area contributed by atoms with Gasteiger partial charge in [-0.05, 0) is 33.6 Å². The van der Waals surface area contributed by atoms with E-state index in [1.807, 2.05) is 20.8 Å². The van der Waals surface area contributed by atoms with E-state index in [-0.39, 0.29) is 30.2 Å². The first kappa shape index (κ1) is 15.5. The third kappa shape index (κ3) is 4.89. The summed E-state index contributed by atoms with van der Waals surface area (Å²) in [6.07, 6.45) is 1.36. The monoisotopic (exact) mass is 270 g/mol. The fourth-order valence-electron chi connectivity index (χ4n) is 2.17. The Morgan fingerprint density at radius 2 is 1.89 bits per heavy atom. The summed E-state index contributed by atoms with van der Waals surface area (Å²) in [5, 5.41) is 11.8. The first-order valence-electron chi connectivity index (χ1n) is 6.54. The molecule has 0 saturated carbocycles. The topological polar surface area (TPSA) is 86.7 Å². The van der Waals surface area contributed by atoms with Gasteiger partial charge in [-0.3, -0.25) is 9.59 Å². The Bertz CT molecular complexity index is 373. The molecule has 0 aromatic heterocycles. The van der Waals surface area contributed by atoms with Crippen LogP contribution in [0, 0.1) is 0 Å². The van der Waals surface area contributed by atoms with E-state index >= 15 is 0 Å². The number of hydrogen-bond donors (Lipinski definition) is 2. The zero-order valence-electron chi connectivity index (χ0n) is 11.7. The maximum absolute atomic E-state index is 11.9. The fourth-order valence-corrected chi connectivity index (χ4v) is 2.17. The summed E-state index contributed by atoms with van der Waals surface area (Å²) in [7, 11) is 0. The number of carboxylic acid groups (broad SMARTS) is 1. The molecule has 1 aliphatic heterocycles. The van der Waals surface area contributed by atoms with Gasteiger partial charge in [0, 0.05) is 24.9 Å². The summed E-state index contributed by atoms with van der Waals surface area (Å²) in [6.45, 7) is 6.08. The zero-order valence-corrected chi connectivity index (χ0v) is 11.7. The first-order chi connectivity index (χ1) is 8.70. The van der Waals surface area contributed by atoms with Crippen molar-refractivity contribution in [3.05, 3.63) is 0 Å². The van der Waals surface area contributed by atoms with Crippen molar-refractivity contribution in [1.82, 2.24) is 10.2 Å². The Morgan fingerprint density at radius 3 is 2.42 bits per heavy atom. The van der Waals surface area contributed by atoms with Crippen LogP contribution in [0.25, 0.3) is 0 Å². The number of hydrogen-bond acceptors (Lipinski definition) is 3. The number of aliphatic carboxylic acids is 1. The Hall–Kier alpha value is -1.59. The molecule has 1 fully saturated rings. The van der Waals surface area contributed by atoms with Gasteiger partial charge in [0.15, 0.2) is 0 Å². The Kier molecular flexibility index (Phi) is 4.91. The number of likely N-dealkylation sites (tertiary alicyclic amines) is 1. The van der Waals surface area contributed by atoms with Crippen molar-refractivity contribution in [3.63, 3.8) is 0 Å². The third-order valence-corrected chi connectivity index (χ3v) is 2.94. The van der Waals surface area contributed by atoms with Crippen LogP contribution in [0.4, 0.5) is 0 Å². The molecule has 6 nitrogen and oxygen atoms in total. The smallest absolute Gasteiger partial charge is 0.326 e. The van der Waals surface area contributed by atoms with Crippen molar-refractivity contribution in [2.24, 2.45) is 0 Å². The van der Waals surface area contributed by atoms with Crippen LogP contribution in [0.2, 0.25) is 0 Å². The van der Waals surface area contributed by atoms with Crippen LogP contribution in [0.5, 0.6) is 0 Å². The van der Waals surface area contributed by atoms with E-state index in [1.54, 1.807) is 0 Å². The molecule has 0 spiro atoms. The van der Waals surface area contributed by atoms with Crippen molar-refractivity contribution in [1.29, 1.82) is 0 Å². The average molecular weight is 270 g/mol. The standard InChI is InChI=1S/C13H22N2O4/c1-13(2,3)14-10(16)6-7-11(17)15-8-4-5-9(15)12(18)19/h9H,4-8H2,1-3H3,(H,14,16)(H,18,19). The van der Waals surface area contributed by atoms with Crippen molar-refractivity contribution in [3.8, 4) is 0 Å². The van der Waals surface area contributed by atoms with E-state index in [1.165, 1.54) is 4.90 Å². The second kappa shape index (κ2) is 6.04. The molecule has 0 bridgehead atoms. The third-order valence-electron chi connectivity index (χ3n) is 2.94. The van der Waals surface area contributed by atoms with Gasteiger partial charge in [0.05, 0.1) is 0 Å². The lowest BCUT2D eigenvalue weighted by atomic mass is 10.1. The molecular weight excluding hydrogens is 248 g/mol. The minimum absolute atomic E-state index is 0.0612. The van der Waals surface area contributed by atoms with Crippen LogP contribution in [0.15, 0.2) is 0 Å². The van der Waals surface area contributed by atoms with E-state index < -0.39 is 12.0 Å². The molecule has 108 valence electrons. The summed E-state index contributed by atoms with van der Waals surface area (Å²) in [6, 6.07) is -0.724. The number of rotatable bonds is 4. The summed E-state index contributed by atoms with van der Waals surface area (Å²) < 4.78 is 0. The van der Waals surface area contributed by atoms with Gasteiger partial charge in [-0.1, -0.05) is 0 Å². The maximum atomic E-state index is 11.9. The highest BCUT2D eigenvalue weighted by molar-refractivity contribution is 5.87. The van der Waals surface area contributed by atoms with E-state index in [4.69, 9.17) is 5.11 Å². The molecule has 1 aliphatic rings. The van der Waals surface area contributed by atoms with Gasteiger partial charge in [-0.25, -0.2) is 4.79 Å². The predicted molar refractivity (Wildman–Crippen MR) is 69.5 cm³/mol. The lowest BCUT2D eigenvalue weighted by Gasteiger charge is -2.23. The van der Waals surface area contributed by atoms with E-state index in [9.17, 15) is 14.4 Å². The van der Waals surface area contributed by atoms with Crippen LogP contribution < -0.4 is 5.32 Å². The molecule has 1 atom stereocenters. The summed E-state index contributed by atoms with van der Waals surface area (Å²) in [4.78, 5) is 35.8. The first-order valence-corrected chi connectivity index (χ1v) is 6.54. The van der Waals surface area contributed by atoms with Crippen LogP contribution in [-0.4, -0.2) is 45.9 Å². The van der Waals surface area contributed by atoms with Gasteiger partial charge in [-0.15, -0.1) is 0 Å². The van der Waals surface area contributed by atoms with Crippen LogP contribution in [0.1, 0.15) is 46.5 Å². The van der Waals surface area contributed by atoms with Crippen molar-refractivity contribution in [2.75, 3.05) is 6.54 Å². The predicted octanol–water partition coefficient (Wildman–Crippen LogP) is 0.757. The van der Waals surface area contributed by atoms with Crippen molar-refractivity contribution >= 4 is 17.8 Å². The normalized spacial score (nSPS) is 19.3. The molecule has 19 heavy (non-hydrogen) atoms. The largest absolute Gasteiger partial charge is 0.480 e. The number of nitrogens with one attached hydrogen (secondary N) is 1. The SMILES string of the molecule is CC(C)(C)NC(=O)CCC(=O)N1CCCC1C(=O)O. The highest BCUT2D eigenvalue weighted by Gasteiger charge is 2.33. The molecule has 0 aliphatic carbocycles. The maximum Gasteiger partial charge on any atom is 0.326 e. The van der Waals surface area contributed by atoms with E-state index in [0.29, 0.717) is 19.4 Å². The number of carbonyl (C=O) groups excluding carboxylic acids is 2. The minimum Gasteiger partial charge on any atom is -0.480 e. The molecule has 0 radical (unpaired) electrons. The molecule has 1 heterocycles. The van der Waals surface area contributed by atoms with Gasteiger partial charge in [0.2, 0.25) is 11.8 Å². The number of carboxylic acids is 1. The Morgan fingerprint density at radius 1 is 1.26 bits per heavy atom. The quantitative estimate of drug-likeness (QED) is 0.789. The van der Waals surface area contributed by atoms with Gasteiger partial charge >= 0.3 is 5.97 Å². The highest BCUT2D eigenvalue weighted by Crippen LogP contribution is 2.18. The Balaban J connectivity index is 2.43. The Labute approximate surface area is 113 Å². The fraction of sp³-hybridized carbons (Fsp3) is 0.769. The lowest BCUT2D eigenvalue weighted by Crippen LogP contribution is -2.43. The molecule has 2 amide bonds. The van der Waals surface area contributed by atoms with E-state index in [2.05, 4.69) is 5.32 Å². The number of carbonyl (C=O) groups is 3. The number of amides is 2. The minimum atomic E-state index is -0.968. The van der Waals surface area contributed by atoms with Crippen LogP contribution >= 0.6 is 0 Å². The molecule has 0 aromatic rings. The highest BCUT2D eigenvalue weighted by atomic mass is 16.4. The molecule has 2 N–H and O–H groups in total. The molecule has 1 saturated heterocycles. The van der Waals surface area contributed by atoms with Gasteiger partial charge < -0.3 is 15.3 Å². The molecule has 0 aromatic carbocycles. The summed E-state index contributed by atoms with van der Waals surface area (Å²) >= 11 is 0. The van der Waals surface area contributed by atoms with Crippen molar-refractivity contribution < 1.29 is 19.5 Å². The average Bonchev–Trinajstić information content (AvgIpc) is 2.72. The second-order valence-electron chi connectivity index (χ2n) is 5.88. The molecule has 1 unspecified atom stereocenters. The van der Waals surface area contributed by atoms with Gasteiger partial charge in [0.25, 0.3) is 0 Å².